The van der Waals surface area contributed by atoms with E-state index < -0.39 is 12.0 Å². The maximum absolute atomic E-state index is 11.2. The number of nitrogens with one attached hydrogen (secondary N) is 2. The highest BCUT2D eigenvalue weighted by molar-refractivity contribution is 5.80. The van der Waals surface area contributed by atoms with Crippen molar-refractivity contribution in [3.8, 4) is 0 Å². The van der Waals surface area contributed by atoms with Crippen molar-refractivity contribution in [3.63, 3.8) is 0 Å². The Morgan fingerprint density at radius 3 is 2.33 bits per heavy atom. The summed E-state index contributed by atoms with van der Waals surface area (Å²) in [6.45, 7) is 1.04. The highest BCUT2D eigenvalue weighted by Gasteiger charge is 2.05. The van der Waals surface area contributed by atoms with Crippen LogP contribution in [-0.2, 0) is 23.9 Å². The number of amides is 2. The fourth-order valence-electron chi connectivity index (χ4n) is 1.24. The fourth-order valence-corrected chi connectivity index (χ4v) is 1.24. The average Bonchev–Trinajstić information content (AvgIpc) is 2.48. The van der Waals surface area contributed by atoms with Gasteiger partial charge in [-0.3, -0.25) is 4.79 Å². The number of rotatable bonds is 13. The predicted octanol–water partition coefficient (Wildman–Crippen LogP) is -0.196. The van der Waals surface area contributed by atoms with Crippen molar-refractivity contribution in [1.29, 1.82) is 0 Å². The van der Waals surface area contributed by atoms with Crippen LogP contribution in [0.2, 0.25) is 0 Å². The fraction of sp³-hybridized carbons (Fsp3) is 0.692. The van der Waals surface area contributed by atoms with Crippen LogP contribution in [0.5, 0.6) is 0 Å². The van der Waals surface area contributed by atoms with Crippen molar-refractivity contribution in [2.24, 2.45) is 0 Å². The van der Waals surface area contributed by atoms with Gasteiger partial charge in [-0.15, -0.1) is 0 Å². The lowest BCUT2D eigenvalue weighted by atomic mass is 10.3. The SMILES string of the molecule is O=CCCCNC(=O)COC(=O)NCCOCCCC=O. The molecule has 0 aliphatic rings. The molecular weight excluding hydrogens is 280 g/mol. The van der Waals surface area contributed by atoms with Gasteiger partial charge in [0.25, 0.3) is 5.91 Å². The van der Waals surface area contributed by atoms with E-state index in [2.05, 4.69) is 15.4 Å². The Kier molecular flexibility index (Phi) is 13.1. The molecule has 0 heterocycles. The van der Waals surface area contributed by atoms with Gasteiger partial charge >= 0.3 is 6.09 Å². The van der Waals surface area contributed by atoms with Crippen molar-refractivity contribution >= 4 is 24.6 Å². The van der Waals surface area contributed by atoms with Crippen molar-refractivity contribution in [1.82, 2.24) is 10.6 Å². The molecule has 0 aromatic carbocycles. The summed E-state index contributed by atoms with van der Waals surface area (Å²) in [6, 6.07) is 0. The minimum absolute atomic E-state index is 0.265. The van der Waals surface area contributed by atoms with Crippen LogP contribution in [-0.4, -0.2) is 57.5 Å². The maximum Gasteiger partial charge on any atom is 0.407 e. The summed E-state index contributed by atoms with van der Waals surface area (Å²) in [5.41, 5.74) is 0. The monoisotopic (exact) mass is 302 g/mol. The third kappa shape index (κ3) is 14.3. The van der Waals surface area contributed by atoms with Gasteiger partial charge in [-0.2, -0.15) is 0 Å². The second kappa shape index (κ2) is 14.4. The molecule has 0 radical (unpaired) electrons. The van der Waals surface area contributed by atoms with Crippen molar-refractivity contribution < 1.29 is 28.7 Å². The van der Waals surface area contributed by atoms with Gasteiger partial charge in [0.15, 0.2) is 6.61 Å². The summed E-state index contributed by atoms with van der Waals surface area (Å²) in [5.74, 6) is -0.416. The van der Waals surface area contributed by atoms with Gasteiger partial charge in [0.05, 0.1) is 6.61 Å². The Hall–Kier alpha value is -1.96. The Morgan fingerprint density at radius 1 is 0.905 bits per heavy atom. The van der Waals surface area contributed by atoms with Crippen molar-refractivity contribution in [2.45, 2.75) is 25.7 Å². The molecule has 0 unspecified atom stereocenters. The van der Waals surface area contributed by atoms with E-state index in [1.807, 2.05) is 0 Å². The zero-order valence-electron chi connectivity index (χ0n) is 12.0. The van der Waals surface area contributed by atoms with E-state index in [1.54, 1.807) is 0 Å². The van der Waals surface area contributed by atoms with Gasteiger partial charge < -0.3 is 29.7 Å². The molecule has 0 saturated carbocycles. The van der Waals surface area contributed by atoms with Crippen LogP contribution in [0.25, 0.3) is 0 Å². The molecule has 0 aromatic heterocycles. The number of unbranched alkanes of at least 4 members (excludes halogenated alkanes) is 2. The molecule has 0 rings (SSSR count). The molecule has 0 atom stereocenters. The summed E-state index contributed by atoms with van der Waals surface area (Å²) in [4.78, 5) is 42.5. The van der Waals surface area contributed by atoms with Crippen molar-refractivity contribution in [3.05, 3.63) is 0 Å². The Labute approximate surface area is 123 Å². The molecule has 8 heteroatoms. The van der Waals surface area contributed by atoms with E-state index in [4.69, 9.17) is 4.74 Å². The standard InChI is InChI=1S/C13H22N2O6/c16-7-2-1-5-14-12(18)11-21-13(19)15-6-10-20-9-4-3-8-17/h7-8H,1-6,9-11H2,(H,14,18)(H,15,19). The van der Waals surface area contributed by atoms with Crippen LogP contribution in [0.15, 0.2) is 0 Å². The Morgan fingerprint density at radius 2 is 1.62 bits per heavy atom. The summed E-state index contributed by atoms with van der Waals surface area (Å²) < 4.78 is 9.82. The molecule has 0 fully saturated rings. The minimum Gasteiger partial charge on any atom is -0.439 e. The zero-order chi connectivity index (χ0) is 15.8. The van der Waals surface area contributed by atoms with Crippen LogP contribution >= 0.6 is 0 Å². The van der Waals surface area contributed by atoms with E-state index in [0.717, 1.165) is 12.6 Å². The van der Waals surface area contributed by atoms with Crippen LogP contribution in [0.4, 0.5) is 4.79 Å². The number of hydrogen-bond donors (Lipinski definition) is 2. The quantitative estimate of drug-likeness (QED) is 0.360. The van der Waals surface area contributed by atoms with Crippen LogP contribution < -0.4 is 10.6 Å². The number of alkyl carbamates (subject to hydrolysis) is 1. The highest BCUT2D eigenvalue weighted by atomic mass is 16.6. The predicted molar refractivity (Wildman–Crippen MR) is 73.8 cm³/mol. The summed E-state index contributed by atoms with van der Waals surface area (Å²) in [7, 11) is 0. The number of hydrogen-bond acceptors (Lipinski definition) is 6. The molecule has 21 heavy (non-hydrogen) atoms. The second-order valence-corrected chi connectivity index (χ2v) is 4.08. The Balaban J connectivity index is 3.38. The third-order valence-corrected chi connectivity index (χ3v) is 2.28. The number of carbonyl (C=O) groups is 4. The third-order valence-electron chi connectivity index (χ3n) is 2.28. The van der Waals surface area contributed by atoms with E-state index in [-0.39, 0.29) is 13.2 Å². The van der Waals surface area contributed by atoms with E-state index >= 15 is 0 Å². The largest absolute Gasteiger partial charge is 0.439 e. The molecule has 2 N–H and O–H groups in total. The van der Waals surface area contributed by atoms with Gasteiger partial charge in [0, 0.05) is 32.5 Å². The van der Waals surface area contributed by atoms with E-state index in [0.29, 0.717) is 45.4 Å². The number of aldehydes is 2. The first-order chi connectivity index (χ1) is 10.2. The minimum atomic E-state index is -0.700. The summed E-state index contributed by atoms with van der Waals surface area (Å²) in [6.07, 6.45) is 2.95. The number of carbonyl (C=O) groups excluding carboxylic acids is 4. The van der Waals surface area contributed by atoms with Crippen LogP contribution in [0, 0.1) is 0 Å². The molecule has 0 aromatic rings. The topological polar surface area (TPSA) is 111 Å². The summed E-state index contributed by atoms with van der Waals surface area (Å²) >= 11 is 0. The van der Waals surface area contributed by atoms with Gasteiger partial charge in [-0.1, -0.05) is 0 Å². The lowest BCUT2D eigenvalue weighted by Crippen LogP contribution is -2.34. The first-order valence-electron chi connectivity index (χ1n) is 6.83. The van der Waals surface area contributed by atoms with Crippen molar-refractivity contribution in [2.75, 3.05) is 32.9 Å². The first kappa shape index (κ1) is 19.0. The van der Waals surface area contributed by atoms with Gasteiger partial charge in [0.2, 0.25) is 0 Å². The smallest absolute Gasteiger partial charge is 0.407 e. The normalized spacial score (nSPS) is 9.71. The van der Waals surface area contributed by atoms with E-state index in [1.165, 1.54) is 0 Å². The van der Waals surface area contributed by atoms with Gasteiger partial charge in [-0.25, -0.2) is 4.79 Å². The summed E-state index contributed by atoms with van der Waals surface area (Å²) in [5, 5.41) is 4.94. The maximum atomic E-state index is 11.2. The molecule has 120 valence electrons. The molecule has 0 spiro atoms. The second-order valence-electron chi connectivity index (χ2n) is 4.08. The molecular formula is C13H22N2O6. The van der Waals surface area contributed by atoms with Gasteiger partial charge in [-0.05, 0) is 12.8 Å². The molecule has 0 bridgehead atoms. The van der Waals surface area contributed by atoms with Gasteiger partial charge in [0.1, 0.15) is 12.6 Å². The number of ether oxygens (including phenoxy) is 2. The molecule has 8 nitrogen and oxygen atoms in total. The highest BCUT2D eigenvalue weighted by Crippen LogP contribution is 1.86. The molecule has 0 saturated heterocycles. The lowest BCUT2D eigenvalue weighted by Gasteiger charge is -2.07. The zero-order valence-corrected chi connectivity index (χ0v) is 12.0. The van der Waals surface area contributed by atoms with E-state index in [9.17, 15) is 19.2 Å². The Bertz CT molecular complexity index is 322. The first-order valence-corrected chi connectivity index (χ1v) is 6.83. The molecule has 0 aliphatic carbocycles. The average molecular weight is 302 g/mol. The van der Waals surface area contributed by atoms with Crippen LogP contribution in [0.3, 0.4) is 0 Å². The van der Waals surface area contributed by atoms with Crippen LogP contribution in [0.1, 0.15) is 25.7 Å². The molecule has 2 amide bonds. The lowest BCUT2D eigenvalue weighted by molar-refractivity contribution is -0.124. The molecule has 0 aliphatic heterocycles.